The van der Waals surface area contributed by atoms with Gasteiger partial charge < -0.3 is 5.32 Å². The summed E-state index contributed by atoms with van der Waals surface area (Å²) < 4.78 is 53.8. The third-order valence-electron chi connectivity index (χ3n) is 5.70. The lowest BCUT2D eigenvalue weighted by Gasteiger charge is -2.30. The normalized spacial score (nSPS) is 17.9. The number of halogens is 2. The Morgan fingerprint density at radius 3 is 2.48 bits per heavy atom. The highest BCUT2D eigenvalue weighted by Gasteiger charge is 2.34. The lowest BCUT2D eigenvalue weighted by molar-refractivity contribution is -0.120. The summed E-state index contributed by atoms with van der Waals surface area (Å²) in [5.41, 5.74) is 3.35. The summed E-state index contributed by atoms with van der Waals surface area (Å²) in [6.45, 7) is 0.168. The van der Waals surface area contributed by atoms with Crippen molar-refractivity contribution in [3.8, 4) is 0 Å². The zero-order valence-electron chi connectivity index (χ0n) is 15.8. The molecule has 1 heterocycles. The molecular formula is C21H22F2N2O3S. The number of hydrogen-bond donors (Lipinski definition) is 1. The first-order valence-electron chi connectivity index (χ1n) is 9.72. The van der Waals surface area contributed by atoms with E-state index >= 15 is 0 Å². The van der Waals surface area contributed by atoms with Crippen molar-refractivity contribution >= 4 is 21.6 Å². The second-order valence-electron chi connectivity index (χ2n) is 7.58. The van der Waals surface area contributed by atoms with Crippen LogP contribution in [0, 0.1) is 17.6 Å². The summed E-state index contributed by atoms with van der Waals surface area (Å²) in [5, 5.41) is 2.93. The molecule has 0 spiro atoms. The van der Waals surface area contributed by atoms with Crippen LogP contribution in [0.1, 0.15) is 30.4 Å². The molecule has 5 nitrogen and oxygen atoms in total. The van der Waals surface area contributed by atoms with Crippen molar-refractivity contribution in [2.75, 3.05) is 18.4 Å². The number of benzene rings is 2. The fraction of sp³-hybridized carbons (Fsp3) is 0.381. The third-order valence-corrected chi connectivity index (χ3v) is 7.62. The minimum Gasteiger partial charge on any atom is -0.326 e. The number of amides is 1. The maximum atomic E-state index is 13.9. The number of carbonyl (C=O) groups excluding carboxylic acids is 1. The molecule has 29 heavy (non-hydrogen) atoms. The summed E-state index contributed by atoms with van der Waals surface area (Å²) in [7, 11) is -4.14. The Labute approximate surface area is 168 Å². The first-order chi connectivity index (χ1) is 13.8. The average Bonchev–Trinajstić information content (AvgIpc) is 3.17. The standard InChI is InChI=1S/C21H22F2N2O3S/c22-17-5-7-19(23)20(13-17)29(27,28)25-10-8-15(9-11-25)21(26)24-18-6-4-14-2-1-3-16(14)12-18/h4-7,12-13,15H,1-3,8-11H2,(H,24,26). The van der Waals surface area contributed by atoms with E-state index in [9.17, 15) is 22.0 Å². The lowest BCUT2D eigenvalue weighted by Crippen LogP contribution is -2.41. The molecule has 2 aromatic carbocycles. The Morgan fingerprint density at radius 1 is 1.00 bits per heavy atom. The van der Waals surface area contributed by atoms with E-state index in [1.807, 2.05) is 18.2 Å². The van der Waals surface area contributed by atoms with Crippen LogP contribution >= 0.6 is 0 Å². The average molecular weight is 420 g/mol. The highest BCUT2D eigenvalue weighted by molar-refractivity contribution is 7.89. The number of nitrogens with zero attached hydrogens (tertiary/aromatic N) is 1. The number of aryl methyl sites for hydroxylation is 2. The van der Waals surface area contributed by atoms with E-state index < -0.39 is 26.6 Å². The molecule has 0 atom stereocenters. The van der Waals surface area contributed by atoms with Crippen molar-refractivity contribution in [2.24, 2.45) is 5.92 Å². The number of carbonyl (C=O) groups is 1. The number of anilines is 1. The van der Waals surface area contributed by atoms with Crippen LogP contribution in [-0.2, 0) is 27.7 Å². The van der Waals surface area contributed by atoms with Crippen LogP contribution in [0.3, 0.4) is 0 Å². The van der Waals surface area contributed by atoms with Gasteiger partial charge in [-0.25, -0.2) is 17.2 Å². The van der Waals surface area contributed by atoms with E-state index in [0.717, 1.165) is 41.4 Å². The molecular weight excluding hydrogens is 398 g/mol. The van der Waals surface area contributed by atoms with Gasteiger partial charge in [0.05, 0.1) is 0 Å². The zero-order valence-corrected chi connectivity index (χ0v) is 16.6. The maximum Gasteiger partial charge on any atom is 0.246 e. The lowest BCUT2D eigenvalue weighted by atomic mass is 9.97. The number of hydrogen-bond acceptors (Lipinski definition) is 3. The van der Waals surface area contributed by atoms with Crippen LogP contribution in [0.5, 0.6) is 0 Å². The van der Waals surface area contributed by atoms with Crippen LogP contribution < -0.4 is 5.32 Å². The largest absolute Gasteiger partial charge is 0.326 e. The molecule has 1 aliphatic carbocycles. The third kappa shape index (κ3) is 4.04. The molecule has 1 aliphatic heterocycles. The molecule has 0 saturated carbocycles. The Kier molecular flexibility index (Phi) is 5.40. The summed E-state index contributed by atoms with van der Waals surface area (Å²) >= 11 is 0. The second-order valence-corrected chi connectivity index (χ2v) is 9.49. The van der Waals surface area contributed by atoms with E-state index in [2.05, 4.69) is 5.32 Å². The van der Waals surface area contributed by atoms with Crippen molar-refractivity contribution in [3.63, 3.8) is 0 Å². The van der Waals surface area contributed by atoms with Crippen molar-refractivity contribution in [1.29, 1.82) is 0 Å². The monoisotopic (exact) mass is 420 g/mol. The molecule has 1 amide bonds. The van der Waals surface area contributed by atoms with E-state index in [4.69, 9.17) is 0 Å². The smallest absolute Gasteiger partial charge is 0.246 e. The number of sulfonamides is 1. The molecule has 1 fully saturated rings. The molecule has 1 N–H and O–H groups in total. The van der Waals surface area contributed by atoms with Crippen molar-refractivity contribution in [3.05, 3.63) is 59.2 Å². The summed E-state index contributed by atoms with van der Waals surface area (Å²) in [6.07, 6.45) is 3.87. The Hall–Kier alpha value is -2.32. The number of piperidine rings is 1. The molecule has 1 saturated heterocycles. The van der Waals surface area contributed by atoms with E-state index in [0.29, 0.717) is 18.9 Å². The van der Waals surface area contributed by atoms with E-state index in [1.54, 1.807) is 0 Å². The molecule has 0 aromatic heterocycles. The molecule has 0 unspecified atom stereocenters. The molecule has 0 radical (unpaired) electrons. The quantitative estimate of drug-likeness (QED) is 0.823. The summed E-state index contributed by atoms with van der Waals surface area (Å²) in [6, 6.07) is 8.32. The molecule has 2 aliphatic rings. The van der Waals surface area contributed by atoms with Crippen LogP contribution in [0.4, 0.5) is 14.5 Å². The molecule has 0 bridgehead atoms. The fourth-order valence-corrected chi connectivity index (χ4v) is 5.61. The van der Waals surface area contributed by atoms with Gasteiger partial charge in [0.2, 0.25) is 15.9 Å². The van der Waals surface area contributed by atoms with Gasteiger partial charge in [-0.15, -0.1) is 0 Å². The number of nitrogens with one attached hydrogen (secondary N) is 1. The topological polar surface area (TPSA) is 66.5 Å². The van der Waals surface area contributed by atoms with Crippen LogP contribution in [-0.4, -0.2) is 31.7 Å². The highest BCUT2D eigenvalue weighted by atomic mass is 32.2. The van der Waals surface area contributed by atoms with Crippen molar-refractivity contribution in [2.45, 2.75) is 37.0 Å². The predicted octanol–water partition coefficient (Wildman–Crippen LogP) is 3.49. The summed E-state index contributed by atoms with van der Waals surface area (Å²) in [5.74, 6) is -2.26. The Bertz CT molecular complexity index is 1050. The highest BCUT2D eigenvalue weighted by Crippen LogP contribution is 2.28. The predicted molar refractivity (Wildman–Crippen MR) is 105 cm³/mol. The zero-order chi connectivity index (χ0) is 20.6. The molecule has 2 aromatic rings. The van der Waals surface area contributed by atoms with E-state index in [-0.39, 0.29) is 24.9 Å². The van der Waals surface area contributed by atoms with Crippen LogP contribution in [0.15, 0.2) is 41.3 Å². The van der Waals surface area contributed by atoms with Gasteiger partial charge >= 0.3 is 0 Å². The van der Waals surface area contributed by atoms with Gasteiger partial charge in [0.1, 0.15) is 16.5 Å². The second kappa shape index (κ2) is 7.84. The van der Waals surface area contributed by atoms with Gasteiger partial charge in [-0.1, -0.05) is 6.07 Å². The fourth-order valence-electron chi connectivity index (χ4n) is 4.07. The van der Waals surface area contributed by atoms with Crippen LogP contribution in [0.25, 0.3) is 0 Å². The minimum absolute atomic E-state index is 0.0839. The van der Waals surface area contributed by atoms with Crippen molar-refractivity contribution in [1.82, 2.24) is 4.31 Å². The van der Waals surface area contributed by atoms with Gasteiger partial charge in [0.15, 0.2) is 0 Å². The SMILES string of the molecule is O=C(Nc1ccc2c(c1)CCC2)C1CCN(S(=O)(=O)c2cc(F)ccc2F)CC1. The first kappa shape index (κ1) is 20.0. The molecule has 4 rings (SSSR count). The molecule has 154 valence electrons. The van der Waals surface area contributed by atoms with Gasteiger partial charge in [-0.3, -0.25) is 4.79 Å². The van der Waals surface area contributed by atoms with Crippen molar-refractivity contribution < 1.29 is 22.0 Å². The van der Waals surface area contributed by atoms with Gasteiger partial charge in [0, 0.05) is 24.7 Å². The Balaban J connectivity index is 1.40. The van der Waals surface area contributed by atoms with E-state index in [1.165, 1.54) is 11.1 Å². The van der Waals surface area contributed by atoms with Gasteiger partial charge in [-0.2, -0.15) is 4.31 Å². The number of rotatable bonds is 4. The van der Waals surface area contributed by atoms with Gasteiger partial charge in [-0.05, 0) is 73.6 Å². The first-order valence-corrected chi connectivity index (χ1v) is 11.2. The minimum atomic E-state index is -4.14. The van der Waals surface area contributed by atoms with Crippen LogP contribution in [0.2, 0.25) is 0 Å². The summed E-state index contributed by atoms with van der Waals surface area (Å²) in [4.78, 5) is 11.9. The maximum absolute atomic E-state index is 13.9. The number of fused-ring (bicyclic) bond motifs is 1. The molecule has 8 heteroatoms. The Morgan fingerprint density at radius 2 is 1.72 bits per heavy atom. The van der Waals surface area contributed by atoms with Gasteiger partial charge in [0.25, 0.3) is 0 Å².